The maximum atomic E-state index is 12.8. The van der Waals surface area contributed by atoms with E-state index in [1.54, 1.807) is 37.3 Å². The number of pyridine rings is 1. The van der Waals surface area contributed by atoms with E-state index in [0.717, 1.165) is 19.4 Å². The number of hydrogen-bond donors (Lipinski definition) is 1. The van der Waals surface area contributed by atoms with Gasteiger partial charge in [0.2, 0.25) is 0 Å². The molecule has 3 saturated heterocycles. The van der Waals surface area contributed by atoms with Gasteiger partial charge in [0.25, 0.3) is 5.91 Å². The molecule has 23 heavy (non-hydrogen) atoms. The summed E-state index contributed by atoms with van der Waals surface area (Å²) >= 11 is 0. The van der Waals surface area contributed by atoms with Crippen molar-refractivity contribution in [3.8, 4) is 0 Å². The Morgan fingerprint density at radius 3 is 2.74 bits per heavy atom. The number of carbonyl (C=O) groups excluding carboxylic acids is 2. The lowest BCUT2D eigenvalue weighted by Gasteiger charge is -2.36. The van der Waals surface area contributed by atoms with Gasteiger partial charge in [0.1, 0.15) is 5.82 Å². The molecule has 0 spiro atoms. The zero-order chi connectivity index (χ0) is 16.6. The Morgan fingerprint density at radius 1 is 1.26 bits per heavy atom. The van der Waals surface area contributed by atoms with Crippen molar-refractivity contribution in [2.24, 2.45) is 5.92 Å². The first-order valence-electron chi connectivity index (χ1n) is 7.94. The zero-order valence-corrected chi connectivity index (χ0v) is 13.6. The molecule has 3 amide bonds. The number of fused-ring (bicyclic) bond motifs is 4. The number of piperidine rings is 1. The molecule has 0 aliphatic carbocycles. The maximum absolute atomic E-state index is 12.8. The third-order valence-corrected chi connectivity index (χ3v) is 4.66. The van der Waals surface area contributed by atoms with Gasteiger partial charge in [0.05, 0.1) is 0 Å². The lowest BCUT2D eigenvalue weighted by atomic mass is 9.94. The lowest BCUT2D eigenvalue weighted by molar-refractivity contribution is 0.0585. The number of rotatable bonds is 1. The van der Waals surface area contributed by atoms with Crippen LogP contribution in [0.1, 0.15) is 23.2 Å². The van der Waals surface area contributed by atoms with Crippen LogP contribution in [0.3, 0.4) is 0 Å². The molecule has 7 nitrogen and oxygen atoms in total. The third-order valence-electron chi connectivity index (χ3n) is 4.66. The molecular formula is C16H23N5O2. The molecule has 3 aliphatic rings. The molecule has 0 unspecified atom stereocenters. The first kappa shape index (κ1) is 15.6. The standard InChI is InChI=1S/C16H23N5O2/c1-19(2)16(23)20-8-11-3-4-13(10-20)21(9-11)15(22)12-5-6-18-14(17)7-12/h5-7,11,13H,3-4,8-10H2,1-2H3,(H2,17,18)/t11-,13+/m0/s1. The van der Waals surface area contributed by atoms with Gasteiger partial charge in [-0.25, -0.2) is 9.78 Å². The smallest absolute Gasteiger partial charge is 0.319 e. The summed E-state index contributed by atoms with van der Waals surface area (Å²) in [6.45, 7) is 2.01. The summed E-state index contributed by atoms with van der Waals surface area (Å²) in [6, 6.07) is 3.40. The molecule has 2 bridgehead atoms. The topological polar surface area (TPSA) is 82.8 Å². The fraction of sp³-hybridized carbons (Fsp3) is 0.562. The fourth-order valence-electron chi connectivity index (χ4n) is 3.52. The SMILES string of the molecule is CN(C)C(=O)N1C[C@@H]2CC[C@H](C1)N(C(=O)c1ccnc(N)c1)C2. The predicted molar refractivity (Wildman–Crippen MR) is 86.9 cm³/mol. The molecule has 1 aromatic heterocycles. The zero-order valence-electron chi connectivity index (χ0n) is 13.6. The van der Waals surface area contributed by atoms with E-state index in [0.29, 0.717) is 30.4 Å². The van der Waals surface area contributed by atoms with Crippen molar-refractivity contribution in [3.05, 3.63) is 23.9 Å². The Labute approximate surface area is 136 Å². The van der Waals surface area contributed by atoms with Gasteiger partial charge >= 0.3 is 6.03 Å². The Hall–Kier alpha value is -2.31. The van der Waals surface area contributed by atoms with Gasteiger partial charge in [-0.2, -0.15) is 0 Å². The van der Waals surface area contributed by atoms with Crippen LogP contribution in [0.25, 0.3) is 0 Å². The summed E-state index contributed by atoms with van der Waals surface area (Å²) in [6.07, 6.45) is 3.55. The van der Waals surface area contributed by atoms with Crippen LogP contribution in [0, 0.1) is 5.92 Å². The molecule has 3 aliphatic heterocycles. The molecule has 7 heteroatoms. The minimum Gasteiger partial charge on any atom is -0.384 e. The summed E-state index contributed by atoms with van der Waals surface area (Å²) in [5, 5.41) is 0. The Bertz CT molecular complexity index is 618. The molecule has 124 valence electrons. The van der Waals surface area contributed by atoms with Gasteiger partial charge in [-0.3, -0.25) is 4.79 Å². The quantitative estimate of drug-likeness (QED) is 0.833. The average molecular weight is 317 g/mol. The Morgan fingerprint density at radius 2 is 2.04 bits per heavy atom. The van der Waals surface area contributed by atoms with E-state index in [-0.39, 0.29) is 18.0 Å². The largest absolute Gasteiger partial charge is 0.384 e. The summed E-state index contributed by atoms with van der Waals surface area (Å²) in [4.78, 5) is 34.4. The lowest BCUT2D eigenvalue weighted by Crippen LogP contribution is -2.48. The van der Waals surface area contributed by atoms with Crippen LogP contribution in [-0.2, 0) is 0 Å². The number of nitrogens with two attached hydrogens (primary N) is 1. The summed E-state index contributed by atoms with van der Waals surface area (Å²) < 4.78 is 0. The van der Waals surface area contributed by atoms with Crippen molar-refractivity contribution in [1.82, 2.24) is 19.7 Å². The average Bonchev–Trinajstić information content (AvgIpc) is 2.85. The van der Waals surface area contributed by atoms with Crippen molar-refractivity contribution >= 4 is 17.8 Å². The van der Waals surface area contributed by atoms with Crippen LogP contribution < -0.4 is 5.73 Å². The van der Waals surface area contributed by atoms with E-state index in [1.807, 2.05) is 9.80 Å². The van der Waals surface area contributed by atoms with E-state index in [1.165, 1.54) is 0 Å². The maximum Gasteiger partial charge on any atom is 0.319 e. The molecule has 2 atom stereocenters. The third kappa shape index (κ3) is 3.09. The summed E-state index contributed by atoms with van der Waals surface area (Å²) in [5.74, 6) is 0.661. The number of hydrogen-bond acceptors (Lipinski definition) is 4. The second-order valence-electron chi connectivity index (χ2n) is 6.61. The van der Waals surface area contributed by atoms with Gasteiger partial charge in [0.15, 0.2) is 0 Å². The van der Waals surface area contributed by atoms with Gasteiger partial charge in [-0.05, 0) is 30.9 Å². The van der Waals surface area contributed by atoms with Crippen LogP contribution >= 0.6 is 0 Å². The van der Waals surface area contributed by atoms with E-state index in [9.17, 15) is 9.59 Å². The second kappa shape index (κ2) is 6.06. The van der Waals surface area contributed by atoms with E-state index >= 15 is 0 Å². The van der Waals surface area contributed by atoms with Crippen LogP contribution in [0.5, 0.6) is 0 Å². The van der Waals surface area contributed by atoms with Crippen LogP contribution in [-0.4, -0.2) is 71.4 Å². The highest BCUT2D eigenvalue weighted by molar-refractivity contribution is 5.95. The molecular weight excluding hydrogens is 294 g/mol. The minimum absolute atomic E-state index is 0.0179. The molecule has 4 rings (SSSR count). The summed E-state index contributed by atoms with van der Waals surface area (Å²) in [7, 11) is 3.52. The van der Waals surface area contributed by atoms with Crippen LogP contribution in [0.2, 0.25) is 0 Å². The number of urea groups is 1. The van der Waals surface area contributed by atoms with Gasteiger partial charge in [-0.1, -0.05) is 0 Å². The molecule has 2 N–H and O–H groups in total. The van der Waals surface area contributed by atoms with Crippen molar-refractivity contribution in [2.75, 3.05) is 39.5 Å². The highest BCUT2D eigenvalue weighted by Gasteiger charge is 2.39. The molecule has 1 aromatic rings. The number of carbonyl (C=O) groups is 2. The van der Waals surface area contributed by atoms with Gasteiger partial charge in [-0.15, -0.1) is 0 Å². The Balaban J connectivity index is 1.80. The molecule has 0 radical (unpaired) electrons. The van der Waals surface area contributed by atoms with Crippen LogP contribution in [0.4, 0.5) is 10.6 Å². The molecule has 0 aromatic carbocycles. The van der Waals surface area contributed by atoms with Crippen LogP contribution in [0.15, 0.2) is 18.3 Å². The number of aromatic nitrogens is 1. The van der Waals surface area contributed by atoms with Crippen molar-refractivity contribution in [1.29, 1.82) is 0 Å². The normalized spacial score (nSPS) is 23.6. The number of amides is 3. The van der Waals surface area contributed by atoms with Gasteiger partial charge < -0.3 is 20.4 Å². The van der Waals surface area contributed by atoms with E-state index in [2.05, 4.69) is 4.98 Å². The molecule has 0 saturated carbocycles. The van der Waals surface area contributed by atoms with Crippen molar-refractivity contribution < 1.29 is 9.59 Å². The molecule has 4 heterocycles. The highest BCUT2D eigenvalue weighted by atomic mass is 16.2. The monoisotopic (exact) mass is 317 g/mol. The predicted octanol–water partition coefficient (Wildman–Crippen LogP) is 0.882. The Kier molecular flexibility index (Phi) is 4.11. The number of nitrogen functional groups attached to an aromatic ring is 1. The minimum atomic E-state index is -0.0204. The number of anilines is 1. The van der Waals surface area contributed by atoms with E-state index < -0.39 is 0 Å². The van der Waals surface area contributed by atoms with Gasteiger partial charge in [0, 0.05) is 51.5 Å². The van der Waals surface area contributed by atoms with Crippen molar-refractivity contribution in [2.45, 2.75) is 18.9 Å². The first-order chi connectivity index (χ1) is 11.0. The second-order valence-corrected chi connectivity index (χ2v) is 6.61. The van der Waals surface area contributed by atoms with Crippen molar-refractivity contribution in [3.63, 3.8) is 0 Å². The first-order valence-corrected chi connectivity index (χ1v) is 7.94. The summed E-state index contributed by atoms with van der Waals surface area (Å²) in [5.41, 5.74) is 6.25. The highest BCUT2D eigenvalue weighted by Crippen LogP contribution is 2.29. The molecule has 3 fully saturated rings. The number of nitrogens with zero attached hydrogens (tertiary/aromatic N) is 4. The van der Waals surface area contributed by atoms with E-state index in [4.69, 9.17) is 5.73 Å². The fourth-order valence-corrected chi connectivity index (χ4v) is 3.52.